The zero-order valence-electron chi connectivity index (χ0n) is 28.0. The summed E-state index contributed by atoms with van der Waals surface area (Å²) in [5.74, 6) is 1.89. The number of nitrogens with zero attached hydrogens (tertiary/aromatic N) is 3. The molecule has 5 heteroatoms. The quantitative estimate of drug-likeness (QED) is 0.178. The van der Waals surface area contributed by atoms with Crippen molar-refractivity contribution in [2.24, 2.45) is 0 Å². The highest BCUT2D eigenvalue weighted by molar-refractivity contribution is 7.01. The van der Waals surface area contributed by atoms with E-state index in [9.17, 15) is 0 Å². The first-order chi connectivity index (χ1) is 23.8. The predicted molar refractivity (Wildman–Crippen MR) is 204 cm³/mol. The Morgan fingerprint density at radius 3 is 1.78 bits per heavy atom. The molecule has 49 heavy (non-hydrogen) atoms. The van der Waals surface area contributed by atoms with Crippen LogP contribution in [-0.2, 0) is 5.41 Å². The van der Waals surface area contributed by atoms with E-state index in [4.69, 9.17) is 19.4 Å². The molecule has 8 aromatic rings. The van der Waals surface area contributed by atoms with Gasteiger partial charge in [0.2, 0.25) is 0 Å². The maximum Gasteiger partial charge on any atom is 0.164 e. The lowest BCUT2D eigenvalue weighted by atomic mass is 9.76. The van der Waals surface area contributed by atoms with Crippen LogP contribution in [0.5, 0.6) is 0 Å². The zero-order chi connectivity index (χ0) is 33.3. The highest BCUT2D eigenvalue weighted by Crippen LogP contribution is 2.41. The number of aromatic nitrogens is 3. The average Bonchev–Trinajstić information content (AvgIpc) is 3.53. The Bertz CT molecular complexity index is 2490. The molecule has 3 heterocycles. The van der Waals surface area contributed by atoms with E-state index >= 15 is 0 Å². The van der Waals surface area contributed by atoms with Gasteiger partial charge in [-0.25, -0.2) is 15.0 Å². The van der Waals surface area contributed by atoms with E-state index < -0.39 is 8.07 Å². The Labute approximate surface area is 287 Å². The summed E-state index contributed by atoms with van der Waals surface area (Å²) in [4.78, 5) is 14.8. The van der Waals surface area contributed by atoms with Crippen molar-refractivity contribution in [2.75, 3.05) is 0 Å². The SMILES string of the molecule is CC1(C)c2ccccc2[Si](C)(C)c2ccc(-c3cccc4c3oc3cc(-c5nc(-c6ccccc6)nc(-c6ccccc6)n5)ccc34)cc21. The minimum atomic E-state index is -1.85. The minimum absolute atomic E-state index is 0.0944. The molecule has 236 valence electrons. The number of hydrogen-bond donors (Lipinski definition) is 0. The predicted octanol–water partition coefficient (Wildman–Crippen LogP) is 9.90. The molecular formula is C44H35N3OSi. The third kappa shape index (κ3) is 4.68. The van der Waals surface area contributed by atoms with Crippen LogP contribution in [0.2, 0.25) is 13.1 Å². The molecule has 1 aliphatic rings. The molecule has 1 aliphatic heterocycles. The third-order valence-electron chi connectivity index (χ3n) is 10.4. The first kappa shape index (κ1) is 29.5. The summed E-state index contributed by atoms with van der Waals surface area (Å²) in [6.07, 6.45) is 0. The van der Waals surface area contributed by atoms with Crippen LogP contribution in [0.3, 0.4) is 0 Å². The van der Waals surface area contributed by atoms with E-state index in [1.165, 1.54) is 21.9 Å². The van der Waals surface area contributed by atoms with Gasteiger partial charge in [-0.1, -0.05) is 165 Å². The normalized spacial score (nSPS) is 14.4. The second kappa shape index (κ2) is 10.9. The van der Waals surface area contributed by atoms with E-state index in [1.807, 2.05) is 60.7 Å². The van der Waals surface area contributed by atoms with Gasteiger partial charge in [-0.15, -0.1) is 0 Å². The van der Waals surface area contributed by atoms with E-state index in [2.05, 4.69) is 106 Å². The Morgan fingerprint density at radius 2 is 1.08 bits per heavy atom. The topological polar surface area (TPSA) is 51.8 Å². The fraction of sp³-hybridized carbons (Fsp3) is 0.114. The molecule has 0 amide bonds. The van der Waals surface area contributed by atoms with Crippen molar-refractivity contribution in [3.63, 3.8) is 0 Å². The van der Waals surface area contributed by atoms with Crippen LogP contribution in [0.15, 0.2) is 144 Å². The van der Waals surface area contributed by atoms with E-state index in [-0.39, 0.29) is 5.41 Å². The van der Waals surface area contributed by atoms with Gasteiger partial charge in [-0.05, 0) is 28.8 Å². The molecular weight excluding hydrogens is 615 g/mol. The monoisotopic (exact) mass is 649 g/mol. The van der Waals surface area contributed by atoms with Crippen LogP contribution >= 0.6 is 0 Å². The molecule has 0 saturated heterocycles. The van der Waals surface area contributed by atoms with Crippen molar-refractivity contribution >= 4 is 40.4 Å². The summed E-state index contributed by atoms with van der Waals surface area (Å²) in [6, 6.07) is 49.1. The van der Waals surface area contributed by atoms with Crippen molar-refractivity contribution in [1.29, 1.82) is 0 Å². The van der Waals surface area contributed by atoms with Gasteiger partial charge in [0.05, 0.1) is 0 Å². The highest BCUT2D eigenvalue weighted by Gasteiger charge is 2.42. The number of fused-ring (bicyclic) bond motifs is 5. The van der Waals surface area contributed by atoms with Crippen LogP contribution in [-0.4, -0.2) is 23.0 Å². The van der Waals surface area contributed by atoms with Gasteiger partial charge in [0.25, 0.3) is 0 Å². The van der Waals surface area contributed by atoms with Gasteiger partial charge in [0.1, 0.15) is 19.2 Å². The summed E-state index contributed by atoms with van der Waals surface area (Å²) in [5, 5.41) is 5.23. The van der Waals surface area contributed by atoms with Crippen LogP contribution in [0.1, 0.15) is 25.0 Å². The van der Waals surface area contributed by atoms with Gasteiger partial charge in [0, 0.05) is 38.4 Å². The minimum Gasteiger partial charge on any atom is -0.455 e. The van der Waals surface area contributed by atoms with Crippen LogP contribution in [0.4, 0.5) is 0 Å². The largest absolute Gasteiger partial charge is 0.455 e. The Balaban J connectivity index is 1.18. The van der Waals surface area contributed by atoms with Crippen molar-refractivity contribution in [3.8, 4) is 45.3 Å². The summed E-state index contributed by atoms with van der Waals surface area (Å²) in [5.41, 5.74) is 9.54. The molecule has 2 aromatic heterocycles. The summed E-state index contributed by atoms with van der Waals surface area (Å²) in [7, 11) is -1.85. The van der Waals surface area contributed by atoms with E-state index in [0.717, 1.165) is 44.2 Å². The van der Waals surface area contributed by atoms with Gasteiger partial charge in [-0.3, -0.25) is 0 Å². The maximum absolute atomic E-state index is 6.76. The second-order valence-corrected chi connectivity index (χ2v) is 18.4. The molecule has 4 nitrogen and oxygen atoms in total. The fourth-order valence-electron chi connectivity index (χ4n) is 7.74. The highest BCUT2D eigenvalue weighted by atomic mass is 28.3. The molecule has 9 rings (SSSR count). The van der Waals surface area contributed by atoms with Gasteiger partial charge in [0.15, 0.2) is 17.5 Å². The zero-order valence-corrected chi connectivity index (χ0v) is 29.0. The molecule has 0 radical (unpaired) electrons. The van der Waals surface area contributed by atoms with Crippen molar-refractivity contribution in [1.82, 2.24) is 15.0 Å². The van der Waals surface area contributed by atoms with Gasteiger partial charge in [-0.2, -0.15) is 0 Å². The molecule has 0 bridgehead atoms. The summed E-state index contributed by atoms with van der Waals surface area (Å²) in [6.45, 7) is 9.70. The van der Waals surface area contributed by atoms with Crippen molar-refractivity contribution in [2.45, 2.75) is 32.4 Å². The molecule has 0 unspecified atom stereocenters. The average molecular weight is 650 g/mol. The first-order valence-corrected chi connectivity index (χ1v) is 19.9. The summed E-state index contributed by atoms with van der Waals surface area (Å²) < 4.78 is 6.76. The number of para-hydroxylation sites is 1. The first-order valence-electron chi connectivity index (χ1n) is 16.9. The number of furan rings is 1. The van der Waals surface area contributed by atoms with Crippen LogP contribution in [0.25, 0.3) is 67.2 Å². The lowest BCUT2D eigenvalue weighted by Gasteiger charge is -2.43. The maximum atomic E-state index is 6.76. The second-order valence-electron chi connectivity index (χ2n) is 14.1. The van der Waals surface area contributed by atoms with Crippen LogP contribution < -0.4 is 10.4 Å². The smallest absolute Gasteiger partial charge is 0.164 e. The lowest BCUT2D eigenvalue weighted by molar-refractivity contribution is 0.645. The lowest BCUT2D eigenvalue weighted by Crippen LogP contribution is -2.61. The van der Waals surface area contributed by atoms with Gasteiger partial charge < -0.3 is 4.42 Å². The van der Waals surface area contributed by atoms with E-state index in [0.29, 0.717) is 17.5 Å². The fourth-order valence-corrected chi connectivity index (χ4v) is 11.2. The molecule has 0 aliphatic carbocycles. The van der Waals surface area contributed by atoms with Crippen molar-refractivity contribution < 1.29 is 4.42 Å². The Kier molecular flexibility index (Phi) is 6.58. The number of hydrogen-bond acceptors (Lipinski definition) is 4. The summed E-state index contributed by atoms with van der Waals surface area (Å²) >= 11 is 0. The molecule has 0 fully saturated rings. The number of rotatable bonds is 4. The third-order valence-corrected chi connectivity index (χ3v) is 14.0. The Hall–Kier alpha value is -5.65. The molecule has 0 atom stereocenters. The Morgan fingerprint density at radius 1 is 0.490 bits per heavy atom. The van der Waals surface area contributed by atoms with Crippen LogP contribution in [0, 0.1) is 0 Å². The molecule has 0 spiro atoms. The van der Waals surface area contributed by atoms with E-state index in [1.54, 1.807) is 5.19 Å². The standard InChI is InChI=1S/C44H35N3OSi/c1-44(2)35-20-11-12-21-38(35)49(3,4)39-25-23-30(26-36(39)44)32-18-13-19-34-33-24-22-31(27-37(33)48-40(32)34)43-46-41(28-14-7-5-8-15-28)45-42(47-43)29-16-9-6-10-17-29/h5-27H,1-4H3. The van der Waals surface area contributed by atoms with Gasteiger partial charge >= 0.3 is 0 Å². The molecule has 6 aromatic carbocycles. The molecule has 0 saturated carbocycles. The number of benzene rings is 6. The van der Waals surface area contributed by atoms with Crippen molar-refractivity contribution in [3.05, 3.63) is 151 Å². The molecule has 0 N–H and O–H groups in total.